The van der Waals surface area contributed by atoms with Crippen molar-refractivity contribution >= 4 is 0 Å². The van der Waals surface area contributed by atoms with Crippen LogP contribution in [0.15, 0.2) is 84.9 Å². The van der Waals surface area contributed by atoms with Gasteiger partial charge in [-0.25, -0.2) is 0 Å². The molecule has 2 heteroatoms. The number of benzene rings is 4. The lowest BCUT2D eigenvalue weighted by Crippen LogP contribution is -2.15. The molecule has 2 unspecified atom stereocenters. The number of hydrogen-bond donors (Lipinski definition) is 2. The summed E-state index contributed by atoms with van der Waals surface area (Å²) in [5, 5.41) is 20.9. The first-order chi connectivity index (χ1) is 15.4. The van der Waals surface area contributed by atoms with Gasteiger partial charge in [-0.3, -0.25) is 0 Å². The predicted octanol–water partition coefficient (Wildman–Crippen LogP) is 7.30. The summed E-state index contributed by atoms with van der Waals surface area (Å²) in [6.45, 7) is 7.83. The second kappa shape index (κ2) is 8.92. The summed E-state index contributed by atoms with van der Waals surface area (Å²) in [5.41, 5.74) is 8.29. The zero-order chi connectivity index (χ0) is 22.8. The average Bonchev–Trinajstić information content (AvgIpc) is 2.80. The molecule has 2 nitrogen and oxygen atoms in total. The molecule has 0 saturated carbocycles. The smallest absolute Gasteiger partial charge is 0.121 e. The molecule has 0 aliphatic rings. The molecular formula is C30H30O2. The van der Waals surface area contributed by atoms with E-state index in [-0.39, 0.29) is 11.8 Å². The number of phenols is 2. The molecule has 4 rings (SSSR count). The summed E-state index contributed by atoms with van der Waals surface area (Å²) in [6, 6.07) is 29.6. The van der Waals surface area contributed by atoms with Crippen molar-refractivity contribution in [2.75, 3.05) is 0 Å². The Kier molecular flexibility index (Phi) is 6.05. The van der Waals surface area contributed by atoms with Crippen LogP contribution in [-0.4, -0.2) is 10.2 Å². The lowest BCUT2D eigenvalue weighted by atomic mass is 9.72. The molecule has 0 aliphatic heterocycles. The SMILES string of the molecule is Cc1cc(C(c2ccccc2)C(c2ccccc2)c2cc(C)c(O)c(C)c2)cc(C)c1O. The van der Waals surface area contributed by atoms with Gasteiger partial charge in [-0.05, 0) is 72.2 Å². The highest BCUT2D eigenvalue weighted by Gasteiger charge is 2.29. The van der Waals surface area contributed by atoms with E-state index < -0.39 is 0 Å². The third-order valence-electron chi connectivity index (χ3n) is 6.40. The van der Waals surface area contributed by atoms with Gasteiger partial charge in [0.05, 0.1) is 0 Å². The number of rotatable bonds is 5. The van der Waals surface area contributed by atoms with Crippen molar-refractivity contribution in [1.82, 2.24) is 0 Å². The third kappa shape index (κ3) is 4.13. The molecule has 0 amide bonds. The summed E-state index contributed by atoms with van der Waals surface area (Å²) in [7, 11) is 0. The monoisotopic (exact) mass is 422 g/mol. The predicted molar refractivity (Wildman–Crippen MR) is 132 cm³/mol. The molecular weight excluding hydrogens is 392 g/mol. The van der Waals surface area contributed by atoms with Crippen molar-refractivity contribution in [3.05, 3.63) is 129 Å². The van der Waals surface area contributed by atoms with Gasteiger partial charge in [0.15, 0.2) is 0 Å². The van der Waals surface area contributed by atoms with Crippen molar-refractivity contribution in [1.29, 1.82) is 0 Å². The van der Waals surface area contributed by atoms with Crippen LogP contribution in [0.1, 0.15) is 56.3 Å². The zero-order valence-corrected chi connectivity index (χ0v) is 19.1. The molecule has 162 valence electrons. The summed E-state index contributed by atoms with van der Waals surface area (Å²) in [6.07, 6.45) is 0. The normalized spacial score (nSPS) is 13.0. The van der Waals surface area contributed by atoms with E-state index >= 15 is 0 Å². The van der Waals surface area contributed by atoms with E-state index in [9.17, 15) is 10.2 Å². The summed E-state index contributed by atoms with van der Waals surface area (Å²) in [4.78, 5) is 0. The molecule has 2 atom stereocenters. The first-order valence-electron chi connectivity index (χ1n) is 11.1. The number of aryl methyl sites for hydroxylation is 4. The van der Waals surface area contributed by atoms with Gasteiger partial charge in [0.1, 0.15) is 11.5 Å². The summed E-state index contributed by atoms with van der Waals surface area (Å²) >= 11 is 0. The molecule has 4 aromatic rings. The minimum absolute atomic E-state index is 0.0416. The highest BCUT2D eigenvalue weighted by Crippen LogP contribution is 2.45. The van der Waals surface area contributed by atoms with E-state index in [1.165, 1.54) is 22.3 Å². The van der Waals surface area contributed by atoms with Gasteiger partial charge < -0.3 is 10.2 Å². The first-order valence-corrected chi connectivity index (χ1v) is 11.1. The lowest BCUT2D eigenvalue weighted by molar-refractivity contribution is 0.465. The van der Waals surface area contributed by atoms with E-state index in [1.54, 1.807) is 0 Å². The highest BCUT2D eigenvalue weighted by molar-refractivity contribution is 5.52. The van der Waals surface area contributed by atoms with Crippen LogP contribution < -0.4 is 0 Å². The van der Waals surface area contributed by atoms with E-state index in [1.807, 2.05) is 39.8 Å². The second-order valence-corrected chi connectivity index (χ2v) is 8.78. The molecule has 0 bridgehead atoms. The summed E-state index contributed by atoms with van der Waals surface area (Å²) in [5.74, 6) is 0.793. The Labute approximate surface area is 190 Å². The standard InChI is InChI=1S/C30H30O2/c1-19-15-25(16-20(2)29(19)31)27(23-11-7-5-8-12-23)28(24-13-9-6-10-14-24)26-17-21(3)30(32)22(4)18-26/h5-18,27-28,31-32H,1-4H3. The van der Waals surface area contributed by atoms with Crippen LogP contribution in [0.2, 0.25) is 0 Å². The van der Waals surface area contributed by atoms with Crippen LogP contribution in [0, 0.1) is 27.7 Å². The van der Waals surface area contributed by atoms with Crippen molar-refractivity contribution in [2.24, 2.45) is 0 Å². The molecule has 4 aromatic carbocycles. The van der Waals surface area contributed by atoms with E-state index in [4.69, 9.17) is 0 Å². The van der Waals surface area contributed by atoms with E-state index in [0.717, 1.165) is 22.3 Å². The second-order valence-electron chi connectivity index (χ2n) is 8.78. The van der Waals surface area contributed by atoms with Gasteiger partial charge in [-0.1, -0.05) is 84.9 Å². The topological polar surface area (TPSA) is 40.5 Å². The highest BCUT2D eigenvalue weighted by atomic mass is 16.3. The van der Waals surface area contributed by atoms with Gasteiger partial charge in [-0.2, -0.15) is 0 Å². The fraction of sp³-hybridized carbons (Fsp3) is 0.200. The van der Waals surface area contributed by atoms with E-state index in [0.29, 0.717) is 11.5 Å². The van der Waals surface area contributed by atoms with Crippen molar-refractivity contribution in [3.63, 3.8) is 0 Å². The zero-order valence-electron chi connectivity index (χ0n) is 19.1. The maximum Gasteiger partial charge on any atom is 0.121 e. The molecule has 0 heterocycles. The van der Waals surface area contributed by atoms with Crippen LogP contribution in [0.5, 0.6) is 11.5 Å². The van der Waals surface area contributed by atoms with Gasteiger partial charge in [-0.15, -0.1) is 0 Å². The Bertz CT molecular complexity index is 1080. The number of aromatic hydroxyl groups is 2. The quantitative estimate of drug-likeness (QED) is 0.354. The third-order valence-corrected chi connectivity index (χ3v) is 6.40. The minimum Gasteiger partial charge on any atom is -0.507 e. The molecule has 0 fully saturated rings. The number of phenolic OH excluding ortho intramolecular Hbond substituents is 2. The molecule has 0 spiro atoms. The Morgan fingerprint density at radius 1 is 0.438 bits per heavy atom. The van der Waals surface area contributed by atoms with Crippen molar-refractivity contribution in [3.8, 4) is 11.5 Å². The van der Waals surface area contributed by atoms with Crippen molar-refractivity contribution in [2.45, 2.75) is 39.5 Å². The Morgan fingerprint density at radius 3 is 1.00 bits per heavy atom. The molecule has 0 saturated heterocycles. The minimum atomic E-state index is 0.0416. The Morgan fingerprint density at radius 2 is 0.719 bits per heavy atom. The van der Waals surface area contributed by atoms with Gasteiger partial charge in [0.2, 0.25) is 0 Å². The van der Waals surface area contributed by atoms with Crippen LogP contribution in [0.25, 0.3) is 0 Å². The van der Waals surface area contributed by atoms with Crippen LogP contribution in [0.3, 0.4) is 0 Å². The van der Waals surface area contributed by atoms with Crippen molar-refractivity contribution < 1.29 is 10.2 Å². The Balaban J connectivity index is 2.02. The summed E-state index contributed by atoms with van der Waals surface area (Å²) < 4.78 is 0. The van der Waals surface area contributed by atoms with Gasteiger partial charge in [0.25, 0.3) is 0 Å². The van der Waals surface area contributed by atoms with Crippen LogP contribution >= 0.6 is 0 Å². The fourth-order valence-corrected chi connectivity index (χ4v) is 4.81. The number of hydrogen-bond acceptors (Lipinski definition) is 2. The van der Waals surface area contributed by atoms with Crippen LogP contribution in [0.4, 0.5) is 0 Å². The van der Waals surface area contributed by atoms with Gasteiger partial charge in [0, 0.05) is 11.8 Å². The van der Waals surface area contributed by atoms with Gasteiger partial charge >= 0.3 is 0 Å². The Hall–Kier alpha value is -3.52. The molecule has 32 heavy (non-hydrogen) atoms. The largest absolute Gasteiger partial charge is 0.507 e. The molecule has 0 aliphatic carbocycles. The maximum atomic E-state index is 10.4. The average molecular weight is 423 g/mol. The maximum absolute atomic E-state index is 10.4. The van der Waals surface area contributed by atoms with Crippen LogP contribution in [-0.2, 0) is 0 Å². The lowest BCUT2D eigenvalue weighted by Gasteiger charge is -2.31. The fourth-order valence-electron chi connectivity index (χ4n) is 4.81. The van der Waals surface area contributed by atoms with E-state index in [2.05, 4.69) is 72.8 Å². The first kappa shape index (κ1) is 21.7. The molecule has 0 aromatic heterocycles. The molecule has 0 radical (unpaired) electrons. The molecule has 2 N–H and O–H groups in total.